The minimum absolute atomic E-state index is 0.0162. The molecule has 0 saturated carbocycles. The number of oxime groups is 1. The van der Waals surface area contributed by atoms with Crippen molar-refractivity contribution in [3.8, 4) is 17.6 Å². The molecule has 0 saturated heterocycles. The summed E-state index contributed by atoms with van der Waals surface area (Å²) in [6.45, 7) is 1.60. The van der Waals surface area contributed by atoms with Crippen LogP contribution in [0.4, 0.5) is 0 Å². The number of pyridine rings is 1. The molecule has 8 nitrogen and oxygen atoms in total. The van der Waals surface area contributed by atoms with Crippen molar-refractivity contribution in [2.75, 3.05) is 13.4 Å². The van der Waals surface area contributed by atoms with E-state index in [4.69, 9.17) is 19.0 Å². The normalized spacial score (nSPS) is 12.6. The Bertz CT molecular complexity index is 1140. The van der Waals surface area contributed by atoms with E-state index in [1.807, 2.05) is 34.9 Å². The quantitative estimate of drug-likeness (QED) is 0.364. The van der Waals surface area contributed by atoms with Gasteiger partial charge in [0.1, 0.15) is 12.7 Å². The van der Waals surface area contributed by atoms with Crippen LogP contribution in [-0.4, -0.2) is 29.5 Å². The van der Waals surface area contributed by atoms with Crippen molar-refractivity contribution in [1.82, 2.24) is 4.40 Å². The van der Waals surface area contributed by atoms with E-state index in [0.29, 0.717) is 28.3 Å². The van der Waals surface area contributed by atoms with Gasteiger partial charge in [-0.05, 0) is 37.3 Å². The Morgan fingerprint density at radius 3 is 3.00 bits per heavy atom. The molecule has 8 heteroatoms. The molecule has 2 aromatic heterocycles. The first-order valence-corrected chi connectivity index (χ1v) is 8.86. The summed E-state index contributed by atoms with van der Waals surface area (Å²) in [4.78, 5) is 17.1. The van der Waals surface area contributed by atoms with E-state index in [-0.39, 0.29) is 20.0 Å². The molecule has 0 atom stereocenters. The van der Waals surface area contributed by atoms with E-state index < -0.39 is 5.97 Å². The van der Waals surface area contributed by atoms with Gasteiger partial charge in [0, 0.05) is 23.5 Å². The molecule has 0 bridgehead atoms. The Kier molecular flexibility index (Phi) is 5.03. The van der Waals surface area contributed by atoms with Gasteiger partial charge in [-0.15, -0.1) is 0 Å². The average Bonchev–Trinajstić information content (AvgIpc) is 3.35. The Morgan fingerprint density at radius 2 is 2.14 bits per heavy atom. The Morgan fingerprint density at radius 1 is 1.28 bits per heavy atom. The van der Waals surface area contributed by atoms with Gasteiger partial charge in [-0.3, -0.25) is 0 Å². The molecule has 29 heavy (non-hydrogen) atoms. The molecule has 0 amide bonds. The molecule has 1 aromatic carbocycles. The maximum Gasteiger partial charge on any atom is 0.347 e. The number of hydrogen-bond acceptors (Lipinski definition) is 7. The van der Waals surface area contributed by atoms with Crippen LogP contribution in [0.5, 0.6) is 11.5 Å². The van der Waals surface area contributed by atoms with E-state index >= 15 is 0 Å². The van der Waals surface area contributed by atoms with Gasteiger partial charge in [0.15, 0.2) is 11.5 Å². The second-order valence-corrected chi connectivity index (χ2v) is 6.31. The maximum atomic E-state index is 12.0. The molecule has 0 N–H and O–H groups in total. The highest BCUT2D eigenvalue weighted by Crippen LogP contribution is 2.32. The maximum absolute atomic E-state index is 12.0. The van der Waals surface area contributed by atoms with Gasteiger partial charge in [-0.25, -0.2) is 4.79 Å². The summed E-state index contributed by atoms with van der Waals surface area (Å²) in [7, 11) is 0. The third-order valence-electron chi connectivity index (χ3n) is 4.44. The van der Waals surface area contributed by atoms with Gasteiger partial charge in [-0.2, -0.15) is 5.26 Å². The van der Waals surface area contributed by atoms with Crippen LogP contribution in [-0.2, 0) is 21.0 Å². The zero-order valence-electron chi connectivity index (χ0n) is 15.6. The third-order valence-corrected chi connectivity index (χ3v) is 4.44. The van der Waals surface area contributed by atoms with Crippen LogP contribution in [0.1, 0.15) is 23.6 Å². The van der Waals surface area contributed by atoms with Gasteiger partial charge >= 0.3 is 5.97 Å². The molecule has 3 heterocycles. The molecule has 3 aromatic rings. The van der Waals surface area contributed by atoms with E-state index in [2.05, 4.69) is 11.2 Å². The number of rotatable bonds is 6. The molecular formula is C21H17N3O5. The van der Waals surface area contributed by atoms with Gasteiger partial charge < -0.3 is 23.4 Å². The van der Waals surface area contributed by atoms with Gasteiger partial charge in [-0.1, -0.05) is 11.2 Å². The number of fused-ring (bicyclic) bond motifs is 2. The van der Waals surface area contributed by atoms with Crippen molar-refractivity contribution < 1.29 is 23.8 Å². The summed E-state index contributed by atoms with van der Waals surface area (Å²) < 4.78 is 17.6. The Labute approximate surface area is 166 Å². The topological polar surface area (TPSA) is 94.6 Å². The van der Waals surface area contributed by atoms with Crippen LogP contribution < -0.4 is 9.47 Å². The van der Waals surface area contributed by atoms with Crippen molar-refractivity contribution in [3.05, 3.63) is 65.5 Å². The number of esters is 1. The van der Waals surface area contributed by atoms with Crippen molar-refractivity contribution in [3.63, 3.8) is 0 Å². The number of nitriles is 1. The smallest absolute Gasteiger partial charge is 0.347 e. The van der Waals surface area contributed by atoms with E-state index in [1.54, 1.807) is 25.3 Å². The van der Waals surface area contributed by atoms with Gasteiger partial charge in [0.05, 0.1) is 16.8 Å². The van der Waals surface area contributed by atoms with Crippen LogP contribution in [0.2, 0.25) is 0 Å². The van der Waals surface area contributed by atoms with E-state index in [9.17, 15) is 10.1 Å². The van der Waals surface area contributed by atoms with Crippen LogP contribution in [0, 0.1) is 11.3 Å². The second kappa shape index (κ2) is 7.94. The number of carbonyl (C=O) groups is 1. The highest BCUT2D eigenvalue weighted by atomic mass is 16.7. The zero-order chi connectivity index (χ0) is 20.2. The molecule has 0 radical (unpaired) electrons. The minimum Gasteiger partial charge on any atom is -0.458 e. The first-order chi connectivity index (χ1) is 14.2. The average molecular weight is 391 g/mol. The molecule has 146 valence electrons. The zero-order valence-corrected chi connectivity index (χ0v) is 15.6. The summed E-state index contributed by atoms with van der Waals surface area (Å²) >= 11 is 0. The number of ether oxygens (including phenoxy) is 3. The van der Waals surface area contributed by atoms with Crippen molar-refractivity contribution >= 4 is 17.2 Å². The lowest BCUT2D eigenvalue weighted by Gasteiger charge is -2.05. The Hall–Kier alpha value is -3.99. The van der Waals surface area contributed by atoms with Crippen molar-refractivity contribution in [1.29, 1.82) is 5.26 Å². The molecule has 0 unspecified atom stereocenters. The lowest BCUT2D eigenvalue weighted by Crippen LogP contribution is -2.11. The number of benzene rings is 1. The summed E-state index contributed by atoms with van der Waals surface area (Å²) in [6, 6.07) is 13.1. The summed E-state index contributed by atoms with van der Waals surface area (Å²) in [6.07, 6.45) is 3.60. The second-order valence-electron chi connectivity index (χ2n) is 6.31. The standard InChI is InChI=1S/C21H17N3O5/c1-14(15-5-6-19-20(8-15)28-13-27-19)23-29-12-21(25)26-11-16-10-24-7-3-2-4-18(24)17(16)9-22/h2-8,10H,11-13H2,1H3/b23-14+. The lowest BCUT2D eigenvalue weighted by molar-refractivity contribution is -0.150. The Balaban J connectivity index is 1.32. The van der Waals surface area contributed by atoms with Crippen molar-refractivity contribution in [2.24, 2.45) is 5.16 Å². The van der Waals surface area contributed by atoms with Gasteiger partial charge in [0.25, 0.3) is 0 Å². The molecule has 0 fully saturated rings. The SMILES string of the molecule is C/C(=N\OCC(=O)OCc1cn2ccccc2c1C#N)c1ccc2c(c1)OCO2. The number of hydrogen-bond donors (Lipinski definition) is 0. The van der Waals surface area contributed by atoms with E-state index in [1.165, 1.54) is 0 Å². The predicted molar refractivity (Wildman–Crippen MR) is 103 cm³/mol. The molecule has 4 rings (SSSR count). The number of carbonyl (C=O) groups excluding carboxylic acids is 1. The molecule has 0 aliphatic carbocycles. The summed E-state index contributed by atoms with van der Waals surface area (Å²) in [5, 5.41) is 13.3. The lowest BCUT2D eigenvalue weighted by atomic mass is 10.1. The molecular weight excluding hydrogens is 374 g/mol. The highest BCUT2D eigenvalue weighted by molar-refractivity contribution is 5.99. The van der Waals surface area contributed by atoms with Gasteiger partial charge in [0.2, 0.25) is 13.4 Å². The first kappa shape index (κ1) is 18.4. The fourth-order valence-corrected chi connectivity index (χ4v) is 2.97. The molecule has 0 spiro atoms. The van der Waals surface area contributed by atoms with Crippen molar-refractivity contribution in [2.45, 2.75) is 13.5 Å². The van der Waals surface area contributed by atoms with Crippen LogP contribution in [0.3, 0.4) is 0 Å². The number of nitrogens with zero attached hydrogens (tertiary/aromatic N) is 3. The van der Waals surface area contributed by atoms with E-state index in [0.717, 1.165) is 11.1 Å². The summed E-state index contributed by atoms with van der Waals surface area (Å²) in [5.41, 5.74) is 3.26. The molecule has 1 aliphatic rings. The van der Waals surface area contributed by atoms with Crippen LogP contribution in [0.25, 0.3) is 5.52 Å². The third kappa shape index (κ3) is 3.84. The minimum atomic E-state index is -0.577. The number of aromatic nitrogens is 1. The van der Waals surface area contributed by atoms with Crippen LogP contribution >= 0.6 is 0 Å². The molecule has 1 aliphatic heterocycles. The summed E-state index contributed by atoms with van der Waals surface area (Å²) in [5.74, 6) is 0.747. The largest absolute Gasteiger partial charge is 0.458 e. The predicted octanol–water partition coefficient (Wildman–Crippen LogP) is 3.02. The highest BCUT2D eigenvalue weighted by Gasteiger charge is 2.15. The fraction of sp³-hybridized carbons (Fsp3) is 0.190. The first-order valence-electron chi connectivity index (χ1n) is 8.86. The fourth-order valence-electron chi connectivity index (χ4n) is 2.97. The monoisotopic (exact) mass is 391 g/mol. The van der Waals surface area contributed by atoms with Crippen LogP contribution in [0.15, 0.2) is 53.9 Å².